The third-order valence-electron chi connectivity index (χ3n) is 1.95. The summed E-state index contributed by atoms with van der Waals surface area (Å²) in [4.78, 5) is 11.0. The molecule has 0 aliphatic carbocycles. The van der Waals surface area contributed by atoms with E-state index < -0.39 is 0 Å². The van der Waals surface area contributed by atoms with E-state index in [1.54, 1.807) is 10.8 Å². The summed E-state index contributed by atoms with van der Waals surface area (Å²) < 4.78 is 4.85. The maximum Gasteiger partial charge on any atom is 0.305 e. The monoisotopic (exact) mass is 232 g/mol. The van der Waals surface area contributed by atoms with Crippen LogP contribution in [0, 0.1) is 0 Å². The lowest BCUT2D eigenvalue weighted by atomic mass is 10.1. The van der Waals surface area contributed by atoms with Gasteiger partial charge in [0.05, 0.1) is 6.61 Å². The van der Waals surface area contributed by atoms with E-state index in [1.807, 2.05) is 17.7 Å². The quantitative estimate of drug-likeness (QED) is 0.398. The van der Waals surface area contributed by atoms with Gasteiger partial charge in [-0.3, -0.25) is 4.79 Å². The van der Waals surface area contributed by atoms with Crippen LogP contribution < -0.4 is 0 Å². The average Bonchev–Trinajstić information content (AvgIpc) is 2.65. The second kappa shape index (κ2) is 7.23. The molecule has 14 heavy (non-hydrogen) atoms. The number of hydrogen-bond acceptors (Lipinski definition) is 4. The summed E-state index contributed by atoms with van der Waals surface area (Å²) in [5.41, 5.74) is 0. The summed E-state index contributed by atoms with van der Waals surface area (Å²) in [7, 11) is 3.70. The van der Waals surface area contributed by atoms with E-state index in [9.17, 15) is 4.79 Å². The molecule has 0 aromatic carbocycles. The standard InChI is InChI=1S/C10H16O2S2/c1-2-12-10(11)6-4-3-5-9-7-8-13-14-9/h7-9H,2-6H2,1H3. The van der Waals surface area contributed by atoms with Gasteiger partial charge < -0.3 is 4.74 Å². The molecule has 1 heterocycles. The number of hydrogen-bond donors (Lipinski definition) is 0. The van der Waals surface area contributed by atoms with Crippen molar-refractivity contribution in [3.63, 3.8) is 0 Å². The number of esters is 1. The van der Waals surface area contributed by atoms with Gasteiger partial charge in [-0.25, -0.2) is 0 Å². The van der Waals surface area contributed by atoms with Crippen LogP contribution in [0.1, 0.15) is 32.6 Å². The Balaban J connectivity index is 1.93. The van der Waals surface area contributed by atoms with Gasteiger partial charge >= 0.3 is 5.97 Å². The average molecular weight is 232 g/mol. The summed E-state index contributed by atoms with van der Waals surface area (Å²) in [6.45, 7) is 2.34. The molecular formula is C10H16O2S2. The van der Waals surface area contributed by atoms with Crippen molar-refractivity contribution in [2.45, 2.75) is 37.9 Å². The second-order valence-corrected chi connectivity index (χ2v) is 5.53. The minimum atomic E-state index is -0.0588. The first kappa shape index (κ1) is 12.0. The molecule has 1 aliphatic heterocycles. The van der Waals surface area contributed by atoms with Gasteiger partial charge in [-0.1, -0.05) is 34.1 Å². The van der Waals surface area contributed by atoms with Crippen molar-refractivity contribution in [2.75, 3.05) is 6.61 Å². The predicted octanol–water partition coefficient (Wildman–Crippen LogP) is 3.39. The Morgan fingerprint density at radius 3 is 3.00 bits per heavy atom. The Morgan fingerprint density at radius 2 is 2.36 bits per heavy atom. The molecule has 0 amide bonds. The van der Waals surface area contributed by atoms with Gasteiger partial charge in [-0.05, 0) is 25.2 Å². The van der Waals surface area contributed by atoms with Crippen LogP contribution in [-0.4, -0.2) is 17.8 Å². The highest BCUT2D eigenvalue weighted by Crippen LogP contribution is 2.37. The number of carbonyl (C=O) groups excluding carboxylic acids is 1. The molecule has 2 nitrogen and oxygen atoms in total. The van der Waals surface area contributed by atoms with Crippen molar-refractivity contribution in [3.05, 3.63) is 11.5 Å². The molecule has 0 N–H and O–H groups in total. The van der Waals surface area contributed by atoms with Gasteiger partial charge in [0.1, 0.15) is 0 Å². The van der Waals surface area contributed by atoms with Crippen LogP contribution in [0.25, 0.3) is 0 Å². The molecule has 0 aromatic rings. The molecule has 0 saturated carbocycles. The molecule has 1 atom stereocenters. The number of unbranched alkanes of at least 4 members (excludes halogenated alkanes) is 1. The summed E-state index contributed by atoms with van der Waals surface area (Å²) in [5.74, 6) is -0.0588. The van der Waals surface area contributed by atoms with Gasteiger partial charge in [-0.15, -0.1) is 0 Å². The maximum atomic E-state index is 11.0. The van der Waals surface area contributed by atoms with Gasteiger partial charge in [0, 0.05) is 11.7 Å². The fraction of sp³-hybridized carbons (Fsp3) is 0.700. The van der Waals surface area contributed by atoms with E-state index in [2.05, 4.69) is 11.5 Å². The summed E-state index contributed by atoms with van der Waals surface area (Å²) in [6, 6.07) is 0. The number of rotatable bonds is 6. The summed E-state index contributed by atoms with van der Waals surface area (Å²) >= 11 is 0. The van der Waals surface area contributed by atoms with Crippen molar-refractivity contribution in [3.8, 4) is 0 Å². The van der Waals surface area contributed by atoms with Crippen LogP contribution >= 0.6 is 21.6 Å². The molecule has 0 radical (unpaired) electrons. The van der Waals surface area contributed by atoms with Crippen molar-refractivity contribution < 1.29 is 9.53 Å². The second-order valence-electron chi connectivity index (χ2n) is 3.11. The SMILES string of the molecule is CCOC(=O)CCCCC1C=CSS1. The lowest BCUT2D eigenvalue weighted by molar-refractivity contribution is -0.143. The van der Waals surface area contributed by atoms with Gasteiger partial charge in [0.15, 0.2) is 0 Å². The smallest absolute Gasteiger partial charge is 0.305 e. The fourth-order valence-electron chi connectivity index (χ4n) is 1.25. The Hall–Kier alpha value is -0.0900. The minimum Gasteiger partial charge on any atom is -0.466 e. The summed E-state index contributed by atoms with van der Waals surface area (Å²) in [6.07, 6.45) is 6.05. The third kappa shape index (κ3) is 4.96. The topological polar surface area (TPSA) is 26.3 Å². The van der Waals surface area contributed by atoms with Crippen molar-refractivity contribution in [2.24, 2.45) is 0 Å². The van der Waals surface area contributed by atoms with Crippen molar-refractivity contribution >= 4 is 27.6 Å². The van der Waals surface area contributed by atoms with E-state index in [4.69, 9.17) is 4.74 Å². The highest BCUT2D eigenvalue weighted by molar-refractivity contribution is 8.78. The summed E-state index contributed by atoms with van der Waals surface area (Å²) in [5, 5.41) is 2.79. The third-order valence-corrected chi connectivity index (χ3v) is 4.38. The highest BCUT2D eigenvalue weighted by atomic mass is 33.1. The van der Waals surface area contributed by atoms with Crippen LogP contribution in [-0.2, 0) is 9.53 Å². The minimum absolute atomic E-state index is 0.0588. The molecule has 80 valence electrons. The van der Waals surface area contributed by atoms with Crippen LogP contribution in [0.5, 0.6) is 0 Å². The fourth-order valence-corrected chi connectivity index (χ4v) is 3.51. The van der Waals surface area contributed by atoms with Crippen molar-refractivity contribution in [1.82, 2.24) is 0 Å². The molecule has 0 fully saturated rings. The van der Waals surface area contributed by atoms with Crippen LogP contribution in [0.15, 0.2) is 11.5 Å². The van der Waals surface area contributed by atoms with Gasteiger partial charge in [0.2, 0.25) is 0 Å². The zero-order chi connectivity index (χ0) is 10.2. The lowest BCUT2D eigenvalue weighted by Crippen LogP contribution is -2.03. The molecule has 0 aromatic heterocycles. The van der Waals surface area contributed by atoms with Gasteiger partial charge in [-0.2, -0.15) is 0 Å². The molecule has 0 bridgehead atoms. The maximum absolute atomic E-state index is 11.0. The van der Waals surface area contributed by atoms with E-state index >= 15 is 0 Å². The Kier molecular flexibility index (Phi) is 6.19. The first-order chi connectivity index (χ1) is 6.83. The lowest BCUT2D eigenvalue weighted by Gasteiger charge is -2.05. The van der Waals surface area contributed by atoms with Crippen LogP contribution in [0.4, 0.5) is 0 Å². The zero-order valence-electron chi connectivity index (χ0n) is 8.40. The molecule has 0 spiro atoms. The zero-order valence-corrected chi connectivity index (χ0v) is 10.0. The molecular weight excluding hydrogens is 216 g/mol. The van der Waals surface area contributed by atoms with E-state index in [0.717, 1.165) is 12.8 Å². The number of carbonyl (C=O) groups is 1. The van der Waals surface area contributed by atoms with Crippen LogP contribution in [0.3, 0.4) is 0 Å². The van der Waals surface area contributed by atoms with Crippen molar-refractivity contribution in [1.29, 1.82) is 0 Å². The van der Waals surface area contributed by atoms with Crippen LogP contribution in [0.2, 0.25) is 0 Å². The Bertz CT molecular complexity index is 204. The molecule has 1 aliphatic rings. The first-order valence-corrected chi connectivity index (χ1v) is 7.25. The van der Waals surface area contributed by atoms with E-state index in [1.165, 1.54) is 6.42 Å². The highest BCUT2D eigenvalue weighted by Gasteiger charge is 2.10. The van der Waals surface area contributed by atoms with E-state index in [0.29, 0.717) is 18.3 Å². The Morgan fingerprint density at radius 1 is 1.50 bits per heavy atom. The Labute approximate surface area is 93.2 Å². The molecule has 4 heteroatoms. The molecule has 0 saturated heterocycles. The predicted molar refractivity (Wildman–Crippen MR) is 63.2 cm³/mol. The first-order valence-electron chi connectivity index (χ1n) is 4.97. The van der Waals surface area contributed by atoms with Gasteiger partial charge in [0.25, 0.3) is 0 Å². The largest absolute Gasteiger partial charge is 0.466 e. The molecule has 1 unspecified atom stereocenters. The number of ether oxygens (including phenoxy) is 1. The molecule has 1 rings (SSSR count). The van der Waals surface area contributed by atoms with E-state index in [-0.39, 0.29) is 5.97 Å². The normalized spacial score (nSPS) is 19.9.